The smallest absolute Gasteiger partial charge is 0.203 e. The molecule has 1 aromatic carbocycles. The maximum Gasteiger partial charge on any atom is 0.203 e. The Morgan fingerprint density at radius 3 is 2.84 bits per heavy atom. The second-order valence-corrected chi connectivity index (χ2v) is 4.65. The number of nitrogens with zero attached hydrogens (tertiary/aromatic N) is 2. The van der Waals surface area contributed by atoms with Crippen molar-refractivity contribution in [2.75, 3.05) is 5.43 Å². The van der Waals surface area contributed by atoms with Crippen molar-refractivity contribution in [3.63, 3.8) is 0 Å². The van der Waals surface area contributed by atoms with Gasteiger partial charge in [-0.25, -0.2) is 4.98 Å². The lowest BCUT2D eigenvalue weighted by molar-refractivity contribution is 0.560. The van der Waals surface area contributed by atoms with Gasteiger partial charge in [-0.15, -0.1) is 11.3 Å². The molecule has 4 nitrogen and oxygen atoms in total. The normalized spacial score (nSPS) is 10.9. The molecule has 0 fully saturated rings. The lowest BCUT2D eigenvalue weighted by Gasteiger charge is -1.94. The predicted molar refractivity (Wildman–Crippen MR) is 77.5 cm³/mol. The fraction of sp³-hybridized carbons (Fsp3) is 0. The number of thiazole rings is 1. The summed E-state index contributed by atoms with van der Waals surface area (Å²) in [5, 5.41) is 6.82. The first-order valence-corrected chi connectivity index (χ1v) is 6.63. The van der Waals surface area contributed by atoms with Gasteiger partial charge in [0.25, 0.3) is 0 Å². The van der Waals surface area contributed by atoms with E-state index in [0.717, 1.165) is 16.4 Å². The second-order valence-electron chi connectivity index (χ2n) is 3.79. The highest BCUT2D eigenvalue weighted by Crippen LogP contribution is 2.24. The van der Waals surface area contributed by atoms with Crippen LogP contribution in [0.2, 0.25) is 0 Å². The number of furan rings is 1. The van der Waals surface area contributed by atoms with Gasteiger partial charge in [0, 0.05) is 10.9 Å². The zero-order valence-corrected chi connectivity index (χ0v) is 10.8. The van der Waals surface area contributed by atoms with E-state index in [1.807, 2.05) is 47.8 Å². The topological polar surface area (TPSA) is 50.4 Å². The molecule has 2 heterocycles. The van der Waals surface area contributed by atoms with Crippen molar-refractivity contribution >= 4 is 22.7 Å². The van der Waals surface area contributed by atoms with Crippen LogP contribution >= 0.6 is 11.3 Å². The molecule has 0 amide bonds. The third-order valence-electron chi connectivity index (χ3n) is 2.47. The molecule has 0 aliphatic rings. The number of aromatic nitrogens is 1. The van der Waals surface area contributed by atoms with Crippen LogP contribution in [0.3, 0.4) is 0 Å². The Labute approximate surface area is 114 Å². The van der Waals surface area contributed by atoms with Gasteiger partial charge >= 0.3 is 0 Å². The fourth-order valence-electron chi connectivity index (χ4n) is 1.58. The molecule has 3 rings (SSSR count). The van der Waals surface area contributed by atoms with E-state index in [2.05, 4.69) is 15.5 Å². The van der Waals surface area contributed by atoms with Gasteiger partial charge in [-0.2, -0.15) is 5.10 Å². The highest BCUT2D eigenvalue weighted by molar-refractivity contribution is 7.14. The van der Waals surface area contributed by atoms with E-state index in [-0.39, 0.29) is 0 Å². The van der Waals surface area contributed by atoms with Crippen LogP contribution in [0.25, 0.3) is 11.3 Å². The Bertz CT molecular complexity index is 659. The van der Waals surface area contributed by atoms with Crippen LogP contribution in [0, 0.1) is 0 Å². The Balaban J connectivity index is 1.69. The molecule has 0 spiro atoms. The van der Waals surface area contributed by atoms with Gasteiger partial charge in [0.15, 0.2) is 0 Å². The van der Waals surface area contributed by atoms with Crippen molar-refractivity contribution in [2.24, 2.45) is 5.10 Å². The highest BCUT2D eigenvalue weighted by Gasteiger charge is 2.02. The summed E-state index contributed by atoms with van der Waals surface area (Å²) in [7, 11) is 0. The number of hydrogen-bond donors (Lipinski definition) is 1. The molecule has 5 heteroatoms. The molecule has 0 radical (unpaired) electrons. The summed E-state index contributed by atoms with van der Waals surface area (Å²) in [6.07, 6.45) is 3.22. The Morgan fingerprint density at radius 2 is 2.05 bits per heavy atom. The van der Waals surface area contributed by atoms with E-state index in [0.29, 0.717) is 5.76 Å². The Kier molecular flexibility index (Phi) is 3.38. The van der Waals surface area contributed by atoms with Crippen LogP contribution in [-0.4, -0.2) is 11.2 Å². The summed E-state index contributed by atoms with van der Waals surface area (Å²) >= 11 is 1.51. The maximum absolute atomic E-state index is 5.14. The molecule has 3 aromatic rings. The largest absolute Gasteiger partial charge is 0.463 e. The zero-order chi connectivity index (χ0) is 12.9. The molecule has 19 heavy (non-hydrogen) atoms. The second kappa shape index (κ2) is 5.49. The molecule has 94 valence electrons. The van der Waals surface area contributed by atoms with E-state index < -0.39 is 0 Å². The summed E-state index contributed by atoms with van der Waals surface area (Å²) in [5.74, 6) is 0.701. The number of hydrogen-bond acceptors (Lipinski definition) is 5. The van der Waals surface area contributed by atoms with Crippen LogP contribution in [0.1, 0.15) is 5.76 Å². The van der Waals surface area contributed by atoms with Crippen LogP contribution in [0.5, 0.6) is 0 Å². The lowest BCUT2D eigenvalue weighted by atomic mass is 10.2. The number of nitrogens with one attached hydrogen (secondary N) is 1. The SMILES string of the molecule is C(=N/Nc1nc(-c2ccccc2)cs1)/c1ccco1. The van der Waals surface area contributed by atoms with E-state index in [1.165, 1.54) is 11.3 Å². The monoisotopic (exact) mass is 269 g/mol. The van der Waals surface area contributed by atoms with Crippen LogP contribution < -0.4 is 5.43 Å². The van der Waals surface area contributed by atoms with Gasteiger partial charge in [0.2, 0.25) is 5.13 Å². The van der Waals surface area contributed by atoms with Crippen LogP contribution in [-0.2, 0) is 0 Å². The van der Waals surface area contributed by atoms with Gasteiger partial charge in [-0.3, -0.25) is 5.43 Å². The molecule has 0 atom stereocenters. The Morgan fingerprint density at radius 1 is 1.16 bits per heavy atom. The first-order valence-electron chi connectivity index (χ1n) is 5.75. The average molecular weight is 269 g/mol. The van der Waals surface area contributed by atoms with Crippen molar-refractivity contribution in [3.05, 3.63) is 59.9 Å². The molecule has 1 N–H and O–H groups in total. The third kappa shape index (κ3) is 2.89. The standard InChI is InChI=1S/C14H11N3OS/c1-2-5-11(6-3-1)13-10-19-14(16-13)17-15-9-12-7-4-8-18-12/h1-10H,(H,16,17)/b15-9-. The van der Waals surface area contributed by atoms with Crippen LogP contribution in [0.15, 0.2) is 63.6 Å². The summed E-state index contributed by atoms with van der Waals surface area (Å²) in [6, 6.07) is 13.7. The molecule has 0 aliphatic carbocycles. The molecule has 0 bridgehead atoms. The van der Waals surface area contributed by atoms with Crippen molar-refractivity contribution in [3.8, 4) is 11.3 Å². The van der Waals surface area contributed by atoms with E-state index in [9.17, 15) is 0 Å². The molecule has 0 saturated heterocycles. The van der Waals surface area contributed by atoms with Crippen LogP contribution in [0.4, 0.5) is 5.13 Å². The first-order chi connectivity index (χ1) is 9.42. The Hall–Kier alpha value is -2.40. The average Bonchev–Trinajstić information content (AvgIpc) is 3.11. The fourth-order valence-corrected chi connectivity index (χ4v) is 2.25. The van der Waals surface area contributed by atoms with E-state index >= 15 is 0 Å². The maximum atomic E-state index is 5.14. The molecular weight excluding hydrogens is 258 g/mol. The molecule has 2 aromatic heterocycles. The lowest BCUT2D eigenvalue weighted by Crippen LogP contribution is -1.88. The minimum absolute atomic E-state index is 0.701. The first kappa shape index (κ1) is 11.7. The van der Waals surface area contributed by atoms with Gasteiger partial charge in [-0.05, 0) is 12.1 Å². The molecule has 0 aliphatic heterocycles. The number of rotatable bonds is 4. The van der Waals surface area contributed by atoms with Crippen molar-refractivity contribution in [1.82, 2.24) is 4.98 Å². The summed E-state index contributed by atoms with van der Waals surface area (Å²) in [6.45, 7) is 0. The molecule has 0 unspecified atom stereocenters. The minimum Gasteiger partial charge on any atom is -0.463 e. The van der Waals surface area contributed by atoms with Gasteiger partial charge in [0.1, 0.15) is 5.76 Å². The van der Waals surface area contributed by atoms with Gasteiger partial charge in [-0.1, -0.05) is 30.3 Å². The van der Waals surface area contributed by atoms with Gasteiger partial charge in [0.05, 0.1) is 18.2 Å². The number of hydrazone groups is 1. The zero-order valence-electron chi connectivity index (χ0n) is 9.98. The summed E-state index contributed by atoms with van der Waals surface area (Å²) in [4.78, 5) is 4.46. The van der Waals surface area contributed by atoms with E-state index in [4.69, 9.17) is 4.42 Å². The van der Waals surface area contributed by atoms with Crippen molar-refractivity contribution in [1.29, 1.82) is 0 Å². The quantitative estimate of drug-likeness (QED) is 0.578. The summed E-state index contributed by atoms with van der Waals surface area (Å²) in [5.41, 5.74) is 4.93. The van der Waals surface area contributed by atoms with E-state index in [1.54, 1.807) is 12.5 Å². The van der Waals surface area contributed by atoms with Crippen molar-refractivity contribution < 1.29 is 4.42 Å². The molecular formula is C14H11N3OS. The number of anilines is 1. The highest BCUT2D eigenvalue weighted by atomic mass is 32.1. The minimum atomic E-state index is 0.701. The predicted octanol–water partition coefficient (Wildman–Crippen LogP) is 3.85. The van der Waals surface area contributed by atoms with Crippen molar-refractivity contribution in [2.45, 2.75) is 0 Å². The molecule has 0 saturated carbocycles. The summed E-state index contributed by atoms with van der Waals surface area (Å²) < 4.78 is 5.14. The number of benzene rings is 1. The van der Waals surface area contributed by atoms with Gasteiger partial charge < -0.3 is 4.42 Å². The third-order valence-corrected chi connectivity index (χ3v) is 3.22.